The van der Waals surface area contributed by atoms with Gasteiger partial charge < -0.3 is 10.5 Å². The molecule has 5 heteroatoms. The zero-order valence-electron chi connectivity index (χ0n) is 10.9. The van der Waals surface area contributed by atoms with Gasteiger partial charge in [0.1, 0.15) is 23.1 Å². The maximum Gasteiger partial charge on any atom is 0.133 e. The molecule has 2 rings (SSSR count). The molecule has 0 aliphatic carbocycles. The normalized spacial score (nSPS) is 12.2. The Hall–Kier alpha value is -1.46. The summed E-state index contributed by atoms with van der Waals surface area (Å²) in [5, 5.41) is 0. The smallest absolute Gasteiger partial charge is 0.133 e. The molecule has 0 aromatic heterocycles. The molecule has 0 aliphatic rings. The first kappa shape index (κ1) is 14.9. The van der Waals surface area contributed by atoms with Gasteiger partial charge in [-0.15, -0.1) is 0 Å². The lowest BCUT2D eigenvalue weighted by molar-refractivity contribution is 0.461. The molecule has 0 fully saturated rings. The third kappa shape index (κ3) is 4.02. The van der Waals surface area contributed by atoms with Crippen LogP contribution in [-0.4, -0.2) is 6.04 Å². The molecule has 1 atom stereocenters. The molecule has 106 valence electrons. The summed E-state index contributed by atoms with van der Waals surface area (Å²) in [7, 11) is 0. The Morgan fingerprint density at radius 1 is 1.15 bits per heavy atom. The molecule has 0 heterocycles. The van der Waals surface area contributed by atoms with Crippen LogP contribution in [0.5, 0.6) is 11.5 Å². The fourth-order valence-corrected chi connectivity index (χ4v) is 2.28. The van der Waals surface area contributed by atoms with Crippen molar-refractivity contribution in [2.24, 2.45) is 5.73 Å². The predicted octanol–water partition coefficient (Wildman–Crippen LogP) is 4.41. The largest absolute Gasteiger partial charge is 0.457 e. The Morgan fingerprint density at radius 2 is 1.80 bits per heavy atom. The van der Waals surface area contributed by atoms with E-state index in [0.717, 1.165) is 28.2 Å². The van der Waals surface area contributed by atoms with Crippen LogP contribution in [0, 0.1) is 11.6 Å². The first-order valence-electron chi connectivity index (χ1n) is 6.12. The molecule has 2 aromatic rings. The summed E-state index contributed by atoms with van der Waals surface area (Å²) in [4.78, 5) is 0. The van der Waals surface area contributed by atoms with E-state index in [0.29, 0.717) is 12.2 Å². The molecule has 0 amide bonds. The SMILES string of the molecule is CC(N)Cc1cc(Br)ccc1Oc1cc(F)cc(F)c1. The quantitative estimate of drug-likeness (QED) is 0.893. The average Bonchev–Trinajstić information content (AvgIpc) is 2.30. The molecular formula is C15H14BrF2NO. The van der Waals surface area contributed by atoms with E-state index in [2.05, 4.69) is 15.9 Å². The van der Waals surface area contributed by atoms with Gasteiger partial charge in [-0.3, -0.25) is 0 Å². The lowest BCUT2D eigenvalue weighted by atomic mass is 10.1. The van der Waals surface area contributed by atoms with Crippen LogP contribution >= 0.6 is 15.9 Å². The number of nitrogens with two attached hydrogens (primary N) is 1. The van der Waals surface area contributed by atoms with E-state index in [1.807, 2.05) is 13.0 Å². The van der Waals surface area contributed by atoms with Crippen molar-refractivity contribution in [3.63, 3.8) is 0 Å². The van der Waals surface area contributed by atoms with Gasteiger partial charge in [0.15, 0.2) is 0 Å². The van der Waals surface area contributed by atoms with Gasteiger partial charge in [0.05, 0.1) is 0 Å². The van der Waals surface area contributed by atoms with Crippen LogP contribution in [-0.2, 0) is 6.42 Å². The Morgan fingerprint density at radius 3 is 2.40 bits per heavy atom. The van der Waals surface area contributed by atoms with Gasteiger partial charge in [-0.05, 0) is 37.1 Å². The van der Waals surface area contributed by atoms with Crippen LogP contribution < -0.4 is 10.5 Å². The van der Waals surface area contributed by atoms with Crippen LogP contribution in [0.3, 0.4) is 0 Å². The highest BCUT2D eigenvalue weighted by Gasteiger charge is 2.09. The summed E-state index contributed by atoms with van der Waals surface area (Å²) >= 11 is 3.38. The first-order chi connectivity index (χ1) is 9.44. The van der Waals surface area contributed by atoms with Crippen LogP contribution in [0.4, 0.5) is 8.78 Å². The second kappa shape index (κ2) is 6.33. The Bertz CT molecular complexity index is 597. The highest BCUT2D eigenvalue weighted by atomic mass is 79.9. The van der Waals surface area contributed by atoms with Crippen LogP contribution in [0.2, 0.25) is 0 Å². The van der Waals surface area contributed by atoms with Crippen molar-refractivity contribution in [2.75, 3.05) is 0 Å². The lowest BCUT2D eigenvalue weighted by Gasteiger charge is -2.13. The van der Waals surface area contributed by atoms with Crippen molar-refractivity contribution in [3.05, 3.63) is 58.1 Å². The molecule has 2 aromatic carbocycles. The van der Waals surface area contributed by atoms with Crippen molar-refractivity contribution >= 4 is 15.9 Å². The Kier molecular flexibility index (Phi) is 4.73. The molecule has 0 aliphatic heterocycles. The molecule has 20 heavy (non-hydrogen) atoms. The maximum absolute atomic E-state index is 13.2. The van der Waals surface area contributed by atoms with E-state index < -0.39 is 11.6 Å². The first-order valence-corrected chi connectivity index (χ1v) is 6.91. The summed E-state index contributed by atoms with van der Waals surface area (Å²) in [5.74, 6) is -0.692. The van der Waals surface area contributed by atoms with Crippen molar-refractivity contribution in [2.45, 2.75) is 19.4 Å². The topological polar surface area (TPSA) is 35.2 Å². The van der Waals surface area contributed by atoms with Crippen molar-refractivity contribution in [1.29, 1.82) is 0 Å². The van der Waals surface area contributed by atoms with Crippen LogP contribution in [0.1, 0.15) is 12.5 Å². The van der Waals surface area contributed by atoms with Gasteiger partial charge in [-0.1, -0.05) is 15.9 Å². The van der Waals surface area contributed by atoms with E-state index in [4.69, 9.17) is 10.5 Å². The van der Waals surface area contributed by atoms with Crippen molar-refractivity contribution in [1.82, 2.24) is 0 Å². The molecule has 0 saturated heterocycles. The molecular weight excluding hydrogens is 328 g/mol. The number of ether oxygens (including phenoxy) is 1. The minimum Gasteiger partial charge on any atom is -0.457 e. The summed E-state index contributed by atoms with van der Waals surface area (Å²) < 4.78 is 32.8. The molecule has 1 unspecified atom stereocenters. The van der Waals surface area contributed by atoms with Gasteiger partial charge in [0.25, 0.3) is 0 Å². The standard InChI is InChI=1S/C15H14BrF2NO/c1-9(19)4-10-5-11(16)2-3-15(10)20-14-7-12(17)6-13(18)8-14/h2-3,5-9H,4,19H2,1H3. The number of halogens is 3. The fourth-order valence-electron chi connectivity index (χ4n) is 1.87. The van der Waals surface area contributed by atoms with E-state index in [-0.39, 0.29) is 11.8 Å². The van der Waals surface area contributed by atoms with E-state index >= 15 is 0 Å². The molecule has 0 radical (unpaired) electrons. The molecule has 0 spiro atoms. The van der Waals surface area contributed by atoms with Gasteiger partial charge in [0, 0.05) is 28.7 Å². The lowest BCUT2D eigenvalue weighted by Crippen LogP contribution is -2.18. The van der Waals surface area contributed by atoms with E-state index in [1.54, 1.807) is 12.1 Å². The van der Waals surface area contributed by atoms with E-state index in [1.165, 1.54) is 0 Å². The number of rotatable bonds is 4. The van der Waals surface area contributed by atoms with Gasteiger partial charge in [-0.2, -0.15) is 0 Å². The fraction of sp³-hybridized carbons (Fsp3) is 0.200. The monoisotopic (exact) mass is 341 g/mol. The maximum atomic E-state index is 13.2. The minimum absolute atomic E-state index is 0.0455. The summed E-state index contributed by atoms with van der Waals surface area (Å²) in [6.45, 7) is 1.88. The number of hydrogen-bond donors (Lipinski definition) is 1. The van der Waals surface area contributed by atoms with Gasteiger partial charge in [0.2, 0.25) is 0 Å². The molecule has 0 bridgehead atoms. The highest BCUT2D eigenvalue weighted by molar-refractivity contribution is 9.10. The van der Waals surface area contributed by atoms with Crippen LogP contribution in [0.15, 0.2) is 40.9 Å². The Balaban J connectivity index is 2.32. The molecule has 2 nitrogen and oxygen atoms in total. The molecule has 0 saturated carbocycles. The average molecular weight is 342 g/mol. The second-order valence-corrected chi connectivity index (χ2v) is 5.56. The van der Waals surface area contributed by atoms with Crippen molar-refractivity contribution in [3.8, 4) is 11.5 Å². The van der Waals surface area contributed by atoms with E-state index in [9.17, 15) is 8.78 Å². The zero-order valence-corrected chi connectivity index (χ0v) is 12.5. The predicted molar refractivity (Wildman–Crippen MR) is 77.9 cm³/mol. The second-order valence-electron chi connectivity index (χ2n) is 4.64. The summed E-state index contributed by atoms with van der Waals surface area (Å²) in [6.07, 6.45) is 0.604. The van der Waals surface area contributed by atoms with Crippen LogP contribution in [0.25, 0.3) is 0 Å². The third-order valence-corrected chi connectivity index (χ3v) is 3.12. The number of hydrogen-bond acceptors (Lipinski definition) is 2. The van der Waals surface area contributed by atoms with Gasteiger partial charge in [-0.25, -0.2) is 8.78 Å². The number of benzene rings is 2. The summed E-state index contributed by atoms with van der Waals surface area (Å²) in [6, 6.07) is 8.46. The van der Waals surface area contributed by atoms with Crippen molar-refractivity contribution < 1.29 is 13.5 Å². The Labute approximate surface area is 124 Å². The zero-order chi connectivity index (χ0) is 14.7. The minimum atomic E-state index is -0.675. The molecule has 2 N–H and O–H groups in total. The highest BCUT2D eigenvalue weighted by Crippen LogP contribution is 2.29. The summed E-state index contributed by atoms with van der Waals surface area (Å²) in [5.41, 5.74) is 6.67. The third-order valence-electron chi connectivity index (χ3n) is 2.63. The van der Waals surface area contributed by atoms with Gasteiger partial charge >= 0.3 is 0 Å².